The van der Waals surface area contributed by atoms with E-state index in [9.17, 15) is 4.79 Å². The fourth-order valence-corrected chi connectivity index (χ4v) is 2.24. The lowest BCUT2D eigenvalue weighted by molar-refractivity contribution is -0.104. The van der Waals surface area contributed by atoms with E-state index in [1.807, 2.05) is 6.92 Å². The molecule has 0 aromatic rings. The first-order valence-electron chi connectivity index (χ1n) is 5.00. The Hall–Kier alpha value is -0.413. The number of carbonyl (C=O) groups excluding carboxylic acids is 1. The van der Waals surface area contributed by atoms with E-state index < -0.39 is 8.32 Å². The molecule has 14 heavy (non-hydrogen) atoms. The van der Waals surface area contributed by atoms with Gasteiger partial charge in [0.25, 0.3) is 0 Å². The molecular formula is C11H22O2Si. The second-order valence-electron chi connectivity index (χ2n) is 5.10. The zero-order chi connectivity index (χ0) is 11.4. The standard InChI is InChI=1S/C11H22O2Si/c1-10(8-7-9-12)13-14(5,6)11(2,3)4/h7-10H,1-6H3/t10-/m1/s1. The molecule has 0 aliphatic heterocycles. The Morgan fingerprint density at radius 3 is 2.14 bits per heavy atom. The molecule has 2 nitrogen and oxygen atoms in total. The molecule has 0 aliphatic rings. The zero-order valence-electron chi connectivity index (χ0n) is 10.1. The van der Waals surface area contributed by atoms with Gasteiger partial charge < -0.3 is 4.43 Å². The van der Waals surface area contributed by atoms with E-state index in [-0.39, 0.29) is 11.1 Å². The second kappa shape index (κ2) is 4.89. The lowest BCUT2D eigenvalue weighted by atomic mass is 10.2. The van der Waals surface area contributed by atoms with Gasteiger partial charge in [-0.1, -0.05) is 26.8 Å². The first kappa shape index (κ1) is 13.6. The van der Waals surface area contributed by atoms with Crippen LogP contribution in [0.4, 0.5) is 0 Å². The van der Waals surface area contributed by atoms with Gasteiger partial charge in [-0.2, -0.15) is 0 Å². The third-order valence-electron chi connectivity index (χ3n) is 2.75. The van der Waals surface area contributed by atoms with Crippen molar-refractivity contribution < 1.29 is 9.22 Å². The SMILES string of the molecule is C[C@H](C=CC=O)O[Si](C)(C)C(C)(C)C. The summed E-state index contributed by atoms with van der Waals surface area (Å²) < 4.78 is 6.00. The van der Waals surface area contributed by atoms with Gasteiger partial charge in [-0.25, -0.2) is 0 Å². The predicted octanol–water partition coefficient (Wildman–Crippen LogP) is 3.15. The molecule has 0 aromatic heterocycles. The van der Waals surface area contributed by atoms with Gasteiger partial charge in [-0.3, -0.25) is 4.79 Å². The number of rotatable bonds is 4. The molecule has 0 saturated heterocycles. The molecule has 0 fully saturated rings. The maximum absolute atomic E-state index is 10.1. The molecule has 0 heterocycles. The minimum Gasteiger partial charge on any atom is -0.411 e. The van der Waals surface area contributed by atoms with Crippen molar-refractivity contribution in [3.05, 3.63) is 12.2 Å². The quantitative estimate of drug-likeness (QED) is 0.408. The van der Waals surface area contributed by atoms with E-state index in [2.05, 4.69) is 33.9 Å². The molecule has 0 rings (SSSR count). The monoisotopic (exact) mass is 214 g/mol. The molecular weight excluding hydrogens is 192 g/mol. The highest BCUT2D eigenvalue weighted by Crippen LogP contribution is 2.37. The lowest BCUT2D eigenvalue weighted by Crippen LogP contribution is -2.42. The van der Waals surface area contributed by atoms with Crippen molar-refractivity contribution in [3.63, 3.8) is 0 Å². The largest absolute Gasteiger partial charge is 0.411 e. The first-order valence-corrected chi connectivity index (χ1v) is 7.91. The third kappa shape index (κ3) is 4.20. The number of allylic oxidation sites excluding steroid dienone is 1. The third-order valence-corrected chi connectivity index (χ3v) is 7.32. The predicted molar refractivity (Wildman–Crippen MR) is 62.9 cm³/mol. The number of aldehydes is 1. The number of carbonyl (C=O) groups is 1. The van der Waals surface area contributed by atoms with Gasteiger partial charge in [-0.05, 0) is 31.1 Å². The Labute approximate surface area is 88.5 Å². The van der Waals surface area contributed by atoms with E-state index in [0.717, 1.165) is 6.29 Å². The Balaban J connectivity index is 4.36. The van der Waals surface area contributed by atoms with Crippen LogP contribution in [0.1, 0.15) is 27.7 Å². The highest BCUT2D eigenvalue weighted by molar-refractivity contribution is 6.74. The van der Waals surface area contributed by atoms with Crippen molar-refractivity contribution in [2.45, 2.75) is 51.9 Å². The molecule has 0 spiro atoms. The summed E-state index contributed by atoms with van der Waals surface area (Å²) in [5, 5.41) is 0.219. The van der Waals surface area contributed by atoms with Crippen molar-refractivity contribution in [2.24, 2.45) is 0 Å². The first-order chi connectivity index (χ1) is 6.20. The van der Waals surface area contributed by atoms with E-state index in [1.54, 1.807) is 6.08 Å². The van der Waals surface area contributed by atoms with Gasteiger partial charge in [0.1, 0.15) is 6.29 Å². The van der Waals surface area contributed by atoms with Gasteiger partial charge in [0.15, 0.2) is 8.32 Å². The van der Waals surface area contributed by atoms with E-state index in [0.29, 0.717) is 0 Å². The average molecular weight is 214 g/mol. The Kier molecular flexibility index (Phi) is 4.75. The van der Waals surface area contributed by atoms with E-state index >= 15 is 0 Å². The summed E-state index contributed by atoms with van der Waals surface area (Å²) in [5.74, 6) is 0. The summed E-state index contributed by atoms with van der Waals surface area (Å²) in [6, 6.07) is 0. The fourth-order valence-electron chi connectivity index (χ4n) is 0.883. The topological polar surface area (TPSA) is 26.3 Å². The Bertz CT molecular complexity index is 214. The molecule has 0 unspecified atom stereocenters. The number of hydrogen-bond acceptors (Lipinski definition) is 2. The van der Waals surface area contributed by atoms with Gasteiger partial charge in [0, 0.05) is 0 Å². The molecule has 0 bridgehead atoms. The molecule has 0 amide bonds. The lowest BCUT2D eigenvalue weighted by Gasteiger charge is -2.37. The highest BCUT2D eigenvalue weighted by Gasteiger charge is 2.37. The summed E-state index contributed by atoms with van der Waals surface area (Å²) in [7, 11) is -1.69. The summed E-state index contributed by atoms with van der Waals surface area (Å²) in [4.78, 5) is 10.1. The van der Waals surface area contributed by atoms with Gasteiger partial charge in [-0.15, -0.1) is 0 Å². The Morgan fingerprint density at radius 2 is 1.79 bits per heavy atom. The summed E-state index contributed by atoms with van der Waals surface area (Å²) in [5.41, 5.74) is 0. The van der Waals surface area contributed by atoms with Crippen LogP contribution >= 0.6 is 0 Å². The van der Waals surface area contributed by atoms with E-state index in [1.165, 1.54) is 6.08 Å². The van der Waals surface area contributed by atoms with Crippen LogP contribution in [0.2, 0.25) is 18.1 Å². The van der Waals surface area contributed by atoms with Crippen molar-refractivity contribution >= 4 is 14.6 Å². The van der Waals surface area contributed by atoms with Crippen molar-refractivity contribution in [2.75, 3.05) is 0 Å². The molecule has 0 radical (unpaired) electrons. The summed E-state index contributed by atoms with van der Waals surface area (Å²) in [6.07, 6.45) is 4.11. The van der Waals surface area contributed by atoms with Crippen LogP contribution in [0.15, 0.2) is 12.2 Å². The van der Waals surface area contributed by atoms with Crippen LogP contribution < -0.4 is 0 Å². The van der Waals surface area contributed by atoms with Crippen LogP contribution in [0, 0.1) is 0 Å². The van der Waals surface area contributed by atoms with Gasteiger partial charge in [0.05, 0.1) is 6.10 Å². The maximum atomic E-state index is 10.1. The van der Waals surface area contributed by atoms with Crippen molar-refractivity contribution in [1.82, 2.24) is 0 Å². The minimum absolute atomic E-state index is 0.0288. The highest BCUT2D eigenvalue weighted by atomic mass is 28.4. The fraction of sp³-hybridized carbons (Fsp3) is 0.727. The van der Waals surface area contributed by atoms with Gasteiger partial charge in [0.2, 0.25) is 0 Å². The smallest absolute Gasteiger partial charge is 0.192 e. The molecule has 3 heteroatoms. The molecule has 0 aromatic carbocycles. The van der Waals surface area contributed by atoms with Crippen LogP contribution in [0.3, 0.4) is 0 Å². The second-order valence-corrected chi connectivity index (χ2v) is 9.86. The number of hydrogen-bond donors (Lipinski definition) is 0. The maximum Gasteiger partial charge on any atom is 0.192 e. The molecule has 0 aliphatic carbocycles. The van der Waals surface area contributed by atoms with Crippen molar-refractivity contribution in [1.29, 1.82) is 0 Å². The average Bonchev–Trinajstić information content (AvgIpc) is 1.97. The molecule has 0 saturated carbocycles. The summed E-state index contributed by atoms with van der Waals surface area (Å²) in [6.45, 7) is 13.0. The normalized spacial score (nSPS) is 15.9. The minimum atomic E-state index is -1.69. The van der Waals surface area contributed by atoms with Crippen molar-refractivity contribution in [3.8, 4) is 0 Å². The zero-order valence-corrected chi connectivity index (χ0v) is 11.1. The van der Waals surface area contributed by atoms with Crippen LogP contribution in [0.25, 0.3) is 0 Å². The molecule has 82 valence electrons. The Morgan fingerprint density at radius 1 is 1.29 bits per heavy atom. The van der Waals surface area contributed by atoms with Gasteiger partial charge >= 0.3 is 0 Å². The molecule has 1 atom stereocenters. The van der Waals surface area contributed by atoms with Crippen LogP contribution in [-0.2, 0) is 9.22 Å². The molecule has 0 N–H and O–H groups in total. The van der Waals surface area contributed by atoms with E-state index in [4.69, 9.17) is 4.43 Å². The van der Waals surface area contributed by atoms with Crippen LogP contribution in [0.5, 0.6) is 0 Å². The summed E-state index contributed by atoms with van der Waals surface area (Å²) >= 11 is 0. The van der Waals surface area contributed by atoms with Crippen LogP contribution in [-0.4, -0.2) is 20.7 Å².